The van der Waals surface area contributed by atoms with Gasteiger partial charge < -0.3 is 15.3 Å². The first kappa shape index (κ1) is 15.5. The molecule has 4 aliphatic carbocycles. The molecule has 0 aromatic rings. The standard InChI is InChI=1S/C27H46O3/c1-18(2)7-6-13-26(5,29)27(30)16-12-23-21-9-8-19-17-20(28)10-14-24(19,3)22(21)11-15-25(23,27)4/h8,18,20-23,28-30H,6-7,9-17H2,1-5H3/t20-,21+,22-,23-,24-,25-,26+,27+/m0/s1/i1D3,2D3,18D. The molecule has 0 unspecified atom stereocenters. The zero-order valence-electron chi connectivity index (χ0n) is 26.0. The minimum atomic E-state index is -2.98. The lowest BCUT2D eigenvalue weighted by atomic mass is 9.46. The van der Waals surface area contributed by atoms with Crippen LogP contribution >= 0.6 is 0 Å². The highest BCUT2D eigenvalue weighted by atomic mass is 16.4. The number of allylic oxidation sites excluding steroid dienone is 1. The molecular weight excluding hydrogens is 372 g/mol. The van der Waals surface area contributed by atoms with Gasteiger partial charge in [0.25, 0.3) is 0 Å². The molecule has 0 amide bonds. The predicted molar refractivity (Wildman–Crippen MR) is 122 cm³/mol. The van der Waals surface area contributed by atoms with Crippen LogP contribution in [0.2, 0.25) is 0 Å². The van der Waals surface area contributed by atoms with Gasteiger partial charge in [-0.1, -0.05) is 52.0 Å². The lowest BCUT2D eigenvalue weighted by molar-refractivity contribution is -0.219. The van der Waals surface area contributed by atoms with Crippen molar-refractivity contribution in [1.82, 2.24) is 0 Å². The Morgan fingerprint density at radius 3 is 2.67 bits per heavy atom. The summed E-state index contributed by atoms with van der Waals surface area (Å²) in [6.45, 7) is 0.0856. The summed E-state index contributed by atoms with van der Waals surface area (Å²) in [5.74, 6) is -1.48. The lowest BCUT2D eigenvalue weighted by Crippen LogP contribution is -2.63. The summed E-state index contributed by atoms with van der Waals surface area (Å²) in [6, 6.07) is 0. The van der Waals surface area contributed by atoms with Crippen LogP contribution in [0.15, 0.2) is 11.6 Å². The second kappa shape index (κ2) is 7.59. The Hall–Kier alpha value is -0.380. The van der Waals surface area contributed by atoms with E-state index in [0.717, 1.165) is 44.9 Å². The molecule has 8 atom stereocenters. The van der Waals surface area contributed by atoms with Crippen LogP contribution in [0.25, 0.3) is 0 Å². The van der Waals surface area contributed by atoms with E-state index >= 15 is 0 Å². The number of aliphatic hydroxyl groups excluding tert-OH is 1. The Morgan fingerprint density at radius 2 is 1.93 bits per heavy atom. The van der Waals surface area contributed by atoms with Gasteiger partial charge in [0.2, 0.25) is 0 Å². The summed E-state index contributed by atoms with van der Waals surface area (Å²) in [5.41, 5.74) is -1.97. The molecule has 0 aromatic heterocycles. The fourth-order valence-corrected chi connectivity index (χ4v) is 8.36. The Balaban J connectivity index is 1.53. The molecule has 0 spiro atoms. The maximum Gasteiger partial charge on any atom is 0.0986 e. The second-order valence-electron chi connectivity index (χ2n) is 11.6. The summed E-state index contributed by atoms with van der Waals surface area (Å²) in [5, 5.41) is 34.1. The highest BCUT2D eigenvalue weighted by molar-refractivity contribution is 5.27. The first-order valence-corrected chi connectivity index (χ1v) is 12.1. The molecule has 4 aliphatic rings. The Kier molecular flexibility index (Phi) is 3.91. The second-order valence-corrected chi connectivity index (χ2v) is 11.6. The Bertz CT molecular complexity index is 899. The van der Waals surface area contributed by atoms with E-state index in [1.807, 2.05) is 0 Å². The van der Waals surface area contributed by atoms with E-state index in [1.165, 1.54) is 5.57 Å². The fraction of sp³-hybridized carbons (Fsp3) is 0.926. The monoisotopic (exact) mass is 425 g/mol. The van der Waals surface area contributed by atoms with E-state index in [4.69, 9.17) is 9.60 Å². The molecule has 0 heterocycles. The van der Waals surface area contributed by atoms with Crippen LogP contribution in [0.4, 0.5) is 0 Å². The largest absolute Gasteiger partial charge is 0.393 e. The lowest BCUT2D eigenvalue weighted by Gasteiger charge is -2.60. The summed E-state index contributed by atoms with van der Waals surface area (Å²) in [7, 11) is 0. The van der Waals surface area contributed by atoms with Gasteiger partial charge in [-0.3, -0.25) is 0 Å². The van der Waals surface area contributed by atoms with Crippen molar-refractivity contribution in [1.29, 1.82) is 0 Å². The number of fused-ring (bicyclic) bond motifs is 5. The molecule has 0 radical (unpaired) electrons. The molecule has 0 bridgehead atoms. The van der Waals surface area contributed by atoms with Gasteiger partial charge in [-0.25, -0.2) is 0 Å². The SMILES string of the molecule is [2H]C([2H])([2H])C([2H])(CCC[C@@](C)(O)[C@@]1(O)CC[C@H]2[C@@H]3CC=C4C[C@@H](O)CC[C@]4(C)[C@H]3CC[C@@]21C)C([2H])([2H])[2H]. The van der Waals surface area contributed by atoms with Crippen molar-refractivity contribution in [2.75, 3.05) is 0 Å². The molecular formula is C27H46O3. The molecule has 0 aromatic carbocycles. The minimum absolute atomic E-state index is 0.0227. The van der Waals surface area contributed by atoms with Crippen LogP contribution in [0.3, 0.4) is 0 Å². The number of rotatable bonds is 5. The van der Waals surface area contributed by atoms with Gasteiger partial charge in [0, 0.05) is 15.0 Å². The van der Waals surface area contributed by atoms with E-state index in [-0.39, 0.29) is 30.3 Å². The van der Waals surface area contributed by atoms with E-state index in [0.29, 0.717) is 18.3 Å². The molecule has 30 heavy (non-hydrogen) atoms. The third kappa shape index (κ3) is 3.25. The average Bonchev–Trinajstić information content (AvgIpc) is 3.05. The van der Waals surface area contributed by atoms with Crippen molar-refractivity contribution >= 4 is 0 Å². The number of aliphatic hydroxyl groups is 3. The quantitative estimate of drug-likeness (QED) is 0.501. The van der Waals surface area contributed by atoms with Crippen LogP contribution in [0.5, 0.6) is 0 Å². The normalized spacial score (nSPS) is 52.5. The third-order valence-corrected chi connectivity index (χ3v) is 10.2. The van der Waals surface area contributed by atoms with Crippen molar-refractivity contribution in [2.24, 2.45) is 34.5 Å². The van der Waals surface area contributed by atoms with Crippen LogP contribution in [0, 0.1) is 34.5 Å². The molecule has 4 rings (SSSR count). The maximum absolute atomic E-state index is 12.2. The Morgan fingerprint density at radius 1 is 1.20 bits per heavy atom. The smallest absolute Gasteiger partial charge is 0.0986 e. The van der Waals surface area contributed by atoms with Gasteiger partial charge in [-0.2, -0.15) is 0 Å². The molecule has 172 valence electrons. The van der Waals surface area contributed by atoms with Gasteiger partial charge in [-0.05, 0) is 93.8 Å². The van der Waals surface area contributed by atoms with Gasteiger partial charge in [-0.15, -0.1) is 0 Å². The Labute approximate surface area is 194 Å². The van der Waals surface area contributed by atoms with E-state index in [9.17, 15) is 15.3 Å². The average molecular weight is 426 g/mol. The van der Waals surface area contributed by atoms with E-state index in [1.54, 1.807) is 6.92 Å². The van der Waals surface area contributed by atoms with E-state index < -0.39 is 42.6 Å². The molecule has 0 saturated heterocycles. The number of hydrogen-bond acceptors (Lipinski definition) is 3. The topological polar surface area (TPSA) is 60.7 Å². The molecule has 3 nitrogen and oxygen atoms in total. The van der Waals surface area contributed by atoms with Gasteiger partial charge in [0.15, 0.2) is 0 Å². The fourth-order valence-electron chi connectivity index (χ4n) is 8.36. The maximum atomic E-state index is 12.2. The molecule has 0 aliphatic heterocycles. The van der Waals surface area contributed by atoms with Gasteiger partial charge in [0.1, 0.15) is 0 Å². The predicted octanol–water partition coefficient (Wildman–Crippen LogP) is 5.62. The highest BCUT2D eigenvalue weighted by Gasteiger charge is 2.68. The molecule has 3 saturated carbocycles. The van der Waals surface area contributed by atoms with Crippen molar-refractivity contribution in [3.05, 3.63) is 11.6 Å². The number of hydrogen-bond donors (Lipinski definition) is 3. The van der Waals surface area contributed by atoms with Crippen molar-refractivity contribution in [3.8, 4) is 0 Å². The zero-order valence-corrected chi connectivity index (χ0v) is 19.0. The molecule has 3 N–H and O–H groups in total. The summed E-state index contributed by atoms with van der Waals surface area (Å²) < 4.78 is 54.3. The molecule has 3 fully saturated rings. The third-order valence-electron chi connectivity index (χ3n) is 10.2. The van der Waals surface area contributed by atoms with Gasteiger partial charge in [0.05, 0.1) is 17.3 Å². The van der Waals surface area contributed by atoms with Crippen LogP contribution in [-0.4, -0.2) is 32.6 Å². The first-order chi connectivity index (χ1) is 16.7. The highest BCUT2D eigenvalue weighted by Crippen LogP contribution is 2.68. The van der Waals surface area contributed by atoms with Crippen molar-refractivity contribution in [2.45, 2.75) is 122 Å². The summed E-state index contributed by atoms with van der Waals surface area (Å²) >= 11 is 0. The molecule has 3 heteroatoms. The first-order valence-electron chi connectivity index (χ1n) is 15.6. The van der Waals surface area contributed by atoms with Crippen LogP contribution < -0.4 is 0 Å². The van der Waals surface area contributed by atoms with Crippen LogP contribution in [0.1, 0.15) is 115 Å². The summed E-state index contributed by atoms with van der Waals surface area (Å²) in [6.07, 6.45) is 8.20. The zero-order chi connectivity index (χ0) is 27.9. The van der Waals surface area contributed by atoms with Crippen molar-refractivity contribution in [3.63, 3.8) is 0 Å². The van der Waals surface area contributed by atoms with Crippen LogP contribution in [-0.2, 0) is 0 Å². The van der Waals surface area contributed by atoms with E-state index in [2.05, 4.69) is 19.9 Å². The van der Waals surface area contributed by atoms with Gasteiger partial charge >= 0.3 is 0 Å². The minimum Gasteiger partial charge on any atom is -0.393 e. The summed E-state index contributed by atoms with van der Waals surface area (Å²) in [4.78, 5) is 0. The van der Waals surface area contributed by atoms with Crippen molar-refractivity contribution < 1.29 is 24.9 Å².